The van der Waals surface area contributed by atoms with E-state index in [9.17, 15) is 13.2 Å². The van der Waals surface area contributed by atoms with Crippen molar-refractivity contribution >= 4 is 38.1 Å². The van der Waals surface area contributed by atoms with Crippen LogP contribution in [0.25, 0.3) is 10.9 Å². The second-order valence-corrected chi connectivity index (χ2v) is 8.75. The van der Waals surface area contributed by atoms with Gasteiger partial charge in [0.1, 0.15) is 0 Å². The summed E-state index contributed by atoms with van der Waals surface area (Å²) in [7, 11) is -3.73. The van der Waals surface area contributed by atoms with E-state index < -0.39 is 10.0 Å². The van der Waals surface area contributed by atoms with Gasteiger partial charge in [0.2, 0.25) is 0 Å². The van der Waals surface area contributed by atoms with E-state index in [-0.39, 0.29) is 9.64 Å². The highest BCUT2D eigenvalue weighted by molar-refractivity contribution is 7.92. The number of aromatic nitrogens is 1. The van der Waals surface area contributed by atoms with E-state index in [4.69, 9.17) is 0 Å². The molecule has 132 valence electrons. The Morgan fingerprint density at radius 3 is 2.32 bits per heavy atom. The summed E-state index contributed by atoms with van der Waals surface area (Å²) in [6, 6.07) is 8.78. The largest absolute Gasteiger partial charge is 0.294 e. The first-order chi connectivity index (χ1) is 11.7. The highest BCUT2D eigenvalue weighted by Gasteiger charge is 2.20. The van der Waals surface area contributed by atoms with E-state index in [0.29, 0.717) is 28.7 Å². The van der Waals surface area contributed by atoms with Crippen molar-refractivity contribution in [2.24, 2.45) is 0 Å². The maximum absolute atomic E-state index is 12.8. The van der Waals surface area contributed by atoms with E-state index in [0.717, 1.165) is 22.6 Å². The SMILES string of the molecule is CCn1sc(=O)c2cc(NS(=O)(=O)c3c(C)cc(C)cc3C)ccc21. The summed E-state index contributed by atoms with van der Waals surface area (Å²) >= 11 is 1.14. The molecule has 0 fully saturated rings. The fourth-order valence-electron chi connectivity index (χ4n) is 3.21. The van der Waals surface area contributed by atoms with Gasteiger partial charge in [-0.2, -0.15) is 0 Å². The Morgan fingerprint density at radius 1 is 1.08 bits per heavy atom. The molecule has 3 aromatic rings. The number of hydrogen-bond donors (Lipinski definition) is 1. The second-order valence-electron chi connectivity index (χ2n) is 6.14. The smallest absolute Gasteiger partial charge is 0.262 e. The molecular weight excluding hydrogens is 356 g/mol. The molecule has 0 aliphatic heterocycles. The van der Waals surface area contributed by atoms with Gasteiger partial charge >= 0.3 is 0 Å². The third-order valence-corrected chi connectivity index (χ3v) is 6.84. The van der Waals surface area contributed by atoms with Gasteiger partial charge in [0.05, 0.1) is 15.8 Å². The summed E-state index contributed by atoms with van der Waals surface area (Å²) in [6.07, 6.45) is 0. The molecule has 7 heteroatoms. The zero-order valence-electron chi connectivity index (χ0n) is 14.6. The Labute approximate surface area is 151 Å². The molecule has 0 radical (unpaired) electrons. The maximum Gasteiger partial charge on any atom is 0.262 e. The third-order valence-electron chi connectivity index (χ3n) is 4.09. The fourth-order valence-corrected chi connectivity index (χ4v) is 5.56. The summed E-state index contributed by atoms with van der Waals surface area (Å²) in [5, 5.41) is 0.532. The van der Waals surface area contributed by atoms with Crippen LogP contribution < -0.4 is 9.46 Å². The molecule has 0 aliphatic rings. The predicted molar refractivity (Wildman–Crippen MR) is 103 cm³/mol. The van der Waals surface area contributed by atoms with Gasteiger partial charge in [-0.15, -0.1) is 0 Å². The van der Waals surface area contributed by atoms with E-state index in [1.54, 1.807) is 32.0 Å². The van der Waals surface area contributed by atoms with Crippen LogP contribution in [0.1, 0.15) is 23.6 Å². The molecule has 0 saturated heterocycles. The molecule has 0 saturated carbocycles. The van der Waals surface area contributed by atoms with Crippen LogP contribution in [-0.2, 0) is 16.6 Å². The van der Waals surface area contributed by atoms with Gasteiger partial charge in [-0.1, -0.05) is 17.7 Å². The minimum absolute atomic E-state index is 0.0689. The van der Waals surface area contributed by atoms with Crippen molar-refractivity contribution < 1.29 is 8.42 Å². The molecule has 1 aromatic heterocycles. The maximum atomic E-state index is 12.8. The lowest BCUT2D eigenvalue weighted by atomic mass is 10.1. The molecule has 0 unspecified atom stereocenters. The molecule has 2 aromatic carbocycles. The highest BCUT2D eigenvalue weighted by atomic mass is 32.2. The molecule has 25 heavy (non-hydrogen) atoms. The number of benzene rings is 2. The Morgan fingerprint density at radius 2 is 1.72 bits per heavy atom. The van der Waals surface area contributed by atoms with Gasteiger partial charge in [-0.3, -0.25) is 13.5 Å². The van der Waals surface area contributed by atoms with Gasteiger partial charge in [0.25, 0.3) is 14.8 Å². The van der Waals surface area contributed by atoms with Gasteiger partial charge in [0.15, 0.2) is 0 Å². The lowest BCUT2D eigenvalue weighted by Gasteiger charge is -2.14. The zero-order valence-corrected chi connectivity index (χ0v) is 16.2. The monoisotopic (exact) mass is 376 g/mol. The lowest BCUT2D eigenvalue weighted by molar-refractivity contribution is 0.600. The quantitative estimate of drug-likeness (QED) is 0.753. The Balaban J connectivity index is 2.06. The average Bonchev–Trinajstić information content (AvgIpc) is 2.81. The molecule has 1 N–H and O–H groups in total. The van der Waals surface area contributed by atoms with Crippen LogP contribution in [0.3, 0.4) is 0 Å². The molecule has 0 aliphatic carbocycles. The zero-order chi connectivity index (χ0) is 18.4. The number of hydrogen-bond acceptors (Lipinski definition) is 4. The van der Waals surface area contributed by atoms with E-state index in [1.165, 1.54) is 0 Å². The van der Waals surface area contributed by atoms with Gasteiger partial charge < -0.3 is 0 Å². The van der Waals surface area contributed by atoms with Crippen LogP contribution in [0.15, 0.2) is 40.0 Å². The number of aryl methyl sites for hydroxylation is 4. The van der Waals surface area contributed by atoms with Crippen molar-refractivity contribution in [3.63, 3.8) is 0 Å². The van der Waals surface area contributed by atoms with Crippen molar-refractivity contribution in [1.29, 1.82) is 0 Å². The molecular formula is C18H20N2O3S2. The van der Waals surface area contributed by atoms with Crippen LogP contribution in [0, 0.1) is 20.8 Å². The topological polar surface area (TPSA) is 68.2 Å². The molecule has 0 bridgehead atoms. The summed E-state index contributed by atoms with van der Waals surface area (Å²) in [5.41, 5.74) is 3.65. The minimum atomic E-state index is -3.73. The average molecular weight is 377 g/mol. The number of nitrogens with one attached hydrogen (secondary N) is 1. The summed E-state index contributed by atoms with van der Waals surface area (Å²) in [5.74, 6) is 0. The number of anilines is 1. The summed E-state index contributed by atoms with van der Waals surface area (Å²) in [6.45, 7) is 8.19. The van der Waals surface area contributed by atoms with Crippen LogP contribution >= 0.6 is 11.5 Å². The van der Waals surface area contributed by atoms with E-state index in [1.807, 2.05) is 29.9 Å². The Hall–Kier alpha value is -2.12. The van der Waals surface area contributed by atoms with Crippen LogP contribution in [0.4, 0.5) is 5.69 Å². The van der Waals surface area contributed by atoms with Crippen molar-refractivity contribution in [3.05, 3.63) is 56.6 Å². The second kappa shape index (κ2) is 6.31. The lowest BCUT2D eigenvalue weighted by Crippen LogP contribution is -2.16. The molecule has 5 nitrogen and oxygen atoms in total. The Bertz CT molecular complexity index is 1100. The minimum Gasteiger partial charge on any atom is -0.294 e. The van der Waals surface area contributed by atoms with Crippen molar-refractivity contribution in [3.8, 4) is 0 Å². The summed E-state index contributed by atoms with van der Waals surface area (Å²) in [4.78, 5) is 12.4. The number of sulfonamides is 1. The van der Waals surface area contributed by atoms with Crippen molar-refractivity contribution in [2.45, 2.75) is 39.1 Å². The number of rotatable bonds is 4. The van der Waals surface area contributed by atoms with Crippen LogP contribution in [0.2, 0.25) is 0 Å². The molecule has 0 amide bonds. The normalized spacial score (nSPS) is 11.8. The molecule has 0 atom stereocenters. The first-order valence-corrected chi connectivity index (χ1v) is 10.2. The van der Waals surface area contributed by atoms with Crippen LogP contribution in [-0.4, -0.2) is 12.4 Å². The van der Waals surface area contributed by atoms with Gasteiger partial charge in [0, 0.05) is 12.2 Å². The number of fused-ring (bicyclic) bond motifs is 1. The molecule has 1 heterocycles. The van der Waals surface area contributed by atoms with Crippen molar-refractivity contribution in [1.82, 2.24) is 3.96 Å². The Kier molecular flexibility index (Phi) is 4.47. The van der Waals surface area contributed by atoms with Gasteiger partial charge in [-0.25, -0.2) is 8.42 Å². The predicted octanol–water partition coefficient (Wildman–Crippen LogP) is 3.81. The van der Waals surface area contributed by atoms with E-state index >= 15 is 0 Å². The van der Waals surface area contributed by atoms with Crippen molar-refractivity contribution in [2.75, 3.05) is 4.72 Å². The first-order valence-electron chi connectivity index (χ1n) is 7.97. The van der Waals surface area contributed by atoms with Gasteiger partial charge in [-0.05, 0) is 68.6 Å². The third kappa shape index (κ3) is 3.21. The fraction of sp³-hybridized carbons (Fsp3) is 0.278. The van der Waals surface area contributed by atoms with E-state index in [2.05, 4.69) is 4.72 Å². The number of nitrogens with zero attached hydrogens (tertiary/aromatic N) is 1. The molecule has 0 spiro atoms. The van der Waals surface area contributed by atoms with Crippen LogP contribution in [0.5, 0.6) is 0 Å². The summed E-state index contributed by atoms with van der Waals surface area (Å²) < 4.78 is 30.1. The first kappa shape index (κ1) is 17.7. The molecule has 3 rings (SSSR count). The highest BCUT2D eigenvalue weighted by Crippen LogP contribution is 2.26. The standard InChI is InChI=1S/C18H20N2O3S2/c1-5-20-16-7-6-14(10-15(16)18(21)24-20)19-25(22,23)17-12(3)8-11(2)9-13(17)4/h6-10,19H,5H2,1-4H3.